The largest absolute Gasteiger partial charge is 0.497 e. The number of nitrogens with one attached hydrogen (secondary N) is 1. The van der Waals surface area contributed by atoms with Gasteiger partial charge in [-0.25, -0.2) is 4.98 Å². The van der Waals surface area contributed by atoms with Crippen molar-refractivity contribution in [2.24, 2.45) is 5.92 Å². The van der Waals surface area contributed by atoms with Crippen LogP contribution in [0.3, 0.4) is 0 Å². The molecule has 0 aliphatic carbocycles. The predicted octanol–water partition coefficient (Wildman–Crippen LogP) is 7.00. The first-order valence-corrected chi connectivity index (χ1v) is 11.7. The smallest absolute Gasteiger partial charge is 0.119 e. The highest BCUT2D eigenvalue weighted by Gasteiger charge is 2.15. The minimum absolute atomic E-state index is 0.337. The van der Waals surface area contributed by atoms with Gasteiger partial charge in [-0.3, -0.25) is 0 Å². The van der Waals surface area contributed by atoms with E-state index < -0.39 is 0 Å². The third kappa shape index (κ3) is 6.02. The topological polar surface area (TPSA) is 37.4 Å². The van der Waals surface area contributed by atoms with Gasteiger partial charge in [-0.2, -0.15) is 0 Å². The number of hydrogen-bond donors (Lipinski definition) is 1. The molecule has 1 atom stereocenters. The summed E-state index contributed by atoms with van der Waals surface area (Å²) in [6.07, 6.45) is 2.26. The predicted molar refractivity (Wildman–Crippen MR) is 135 cm³/mol. The van der Waals surface area contributed by atoms with Crippen molar-refractivity contribution in [3.63, 3.8) is 0 Å². The van der Waals surface area contributed by atoms with E-state index in [-0.39, 0.29) is 0 Å². The average molecular weight is 442 g/mol. The SMILES string of the molecule is COc1ccc2nc3cc(Cl)ccc3c(NC(C)CCCN(CC(C)C)C(C)C)c2c1. The van der Waals surface area contributed by atoms with Crippen LogP contribution in [-0.4, -0.2) is 42.2 Å². The van der Waals surface area contributed by atoms with Crippen LogP contribution in [-0.2, 0) is 0 Å². The molecule has 1 aromatic heterocycles. The van der Waals surface area contributed by atoms with Crippen molar-refractivity contribution in [1.82, 2.24) is 9.88 Å². The molecule has 0 aliphatic rings. The number of fused-ring (bicyclic) bond motifs is 2. The van der Waals surface area contributed by atoms with Crippen LogP contribution in [0.25, 0.3) is 21.8 Å². The van der Waals surface area contributed by atoms with Crippen LogP contribution in [0, 0.1) is 5.92 Å². The molecule has 3 aromatic rings. The van der Waals surface area contributed by atoms with Gasteiger partial charge in [0, 0.05) is 34.4 Å². The van der Waals surface area contributed by atoms with E-state index in [1.807, 2.05) is 24.3 Å². The van der Waals surface area contributed by atoms with Crippen molar-refractivity contribution in [1.29, 1.82) is 0 Å². The Labute approximate surface area is 191 Å². The van der Waals surface area contributed by atoms with Crippen LogP contribution < -0.4 is 10.1 Å². The molecule has 0 radical (unpaired) electrons. The number of pyridine rings is 1. The third-order valence-electron chi connectivity index (χ3n) is 5.75. The maximum atomic E-state index is 6.25. The monoisotopic (exact) mass is 441 g/mol. The van der Waals surface area contributed by atoms with Crippen molar-refractivity contribution in [2.75, 3.05) is 25.5 Å². The lowest BCUT2D eigenvalue weighted by atomic mass is 10.1. The number of rotatable bonds is 10. The summed E-state index contributed by atoms with van der Waals surface area (Å²) in [4.78, 5) is 7.41. The normalized spacial score (nSPS) is 13.0. The van der Waals surface area contributed by atoms with Crippen LogP contribution in [0.1, 0.15) is 47.5 Å². The maximum Gasteiger partial charge on any atom is 0.119 e. The summed E-state index contributed by atoms with van der Waals surface area (Å²) < 4.78 is 5.48. The first-order chi connectivity index (χ1) is 14.8. The van der Waals surface area contributed by atoms with Crippen molar-refractivity contribution in [2.45, 2.75) is 59.5 Å². The second-order valence-corrected chi connectivity index (χ2v) is 9.64. The van der Waals surface area contributed by atoms with Crippen molar-refractivity contribution in [3.8, 4) is 5.75 Å². The molecule has 1 N–H and O–H groups in total. The van der Waals surface area contributed by atoms with Gasteiger partial charge in [-0.05, 0) is 82.5 Å². The van der Waals surface area contributed by atoms with E-state index in [1.54, 1.807) is 7.11 Å². The van der Waals surface area contributed by atoms with Crippen LogP contribution >= 0.6 is 11.6 Å². The Morgan fingerprint density at radius 2 is 1.77 bits per heavy atom. The van der Waals surface area contributed by atoms with Crippen LogP contribution in [0.4, 0.5) is 5.69 Å². The number of aromatic nitrogens is 1. The lowest BCUT2D eigenvalue weighted by Crippen LogP contribution is -2.35. The summed E-state index contributed by atoms with van der Waals surface area (Å²) >= 11 is 6.25. The number of ether oxygens (including phenoxy) is 1. The van der Waals surface area contributed by atoms with E-state index in [1.165, 1.54) is 0 Å². The molecule has 31 heavy (non-hydrogen) atoms. The highest BCUT2D eigenvalue weighted by atomic mass is 35.5. The van der Waals surface area contributed by atoms with Crippen molar-refractivity contribution in [3.05, 3.63) is 41.4 Å². The summed E-state index contributed by atoms with van der Waals surface area (Å²) in [5, 5.41) is 6.64. The van der Waals surface area contributed by atoms with Gasteiger partial charge in [0.1, 0.15) is 5.75 Å². The summed E-state index contributed by atoms with van der Waals surface area (Å²) in [7, 11) is 1.70. The molecule has 3 rings (SSSR count). The first-order valence-electron chi connectivity index (χ1n) is 11.4. The number of anilines is 1. The van der Waals surface area contributed by atoms with Gasteiger partial charge in [0.25, 0.3) is 0 Å². The molecule has 168 valence electrons. The third-order valence-corrected chi connectivity index (χ3v) is 5.98. The van der Waals surface area contributed by atoms with Crippen LogP contribution in [0.2, 0.25) is 5.02 Å². The fourth-order valence-corrected chi connectivity index (χ4v) is 4.29. The van der Waals surface area contributed by atoms with E-state index in [0.717, 1.165) is 59.2 Å². The molecule has 0 amide bonds. The Morgan fingerprint density at radius 1 is 1.00 bits per heavy atom. The summed E-state index contributed by atoms with van der Waals surface area (Å²) in [5.41, 5.74) is 2.95. The maximum absolute atomic E-state index is 6.25. The zero-order valence-electron chi connectivity index (χ0n) is 19.7. The molecule has 5 heteroatoms. The summed E-state index contributed by atoms with van der Waals surface area (Å²) in [6.45, 7) is 13.7. The van der Waals surface area contributed by atoms with Crippen molar-refractivity contribution >= 4 is 39.1 Å². The molecule has 0 saturated carbocycles. The highest BCUT2D eigenvalue weighted by molar-refractivity contribution is 6.31. The molecular formula is C26H36ClN3O. The van der Waals surface area contributed by atoms with E-state index in [0.29, 0.717) is 23.0 Å². The Bertz CT molecular complexity index is 1020. The Kier molecular flexibility index (Phi) is 8.01. The van der Waals surface area contributed by atoms with Gasteiger partial charge >= 0.3 is 0 Å². The number of methoxy groups -OCH3 is 1. The zero-order chi connectivity index (χ0) is 22.5. The molecule has 1 unspecified atom stereocenters. The Morgan fingerprint density at radius 3 is 2.45 bits per heavy atom. The summed E-state index contributed by atoms with van der Waals surface area (Å²) in [6, 6.07) is 12.9. The number of benzene rings is 2. The number of halogens is 1. The molecule has 4 nitrogen and oxygen atoms in total. The quantitative estimate of drug-likeness (QED) is 0.344. The van der Waals surface area contributed by atoms with Gasteiger partial charge in [0.05, 0.1) is 23.8 Å². The van der Waals surface area contributed by atoms with E-state index in [2.05, 4.69) is 57.0 Å². The van der Waals surface area contributed by atoms with Crippen LogP contribution in [0.5, 0.6) is 5.75 Å². The fourth-order valence-electron chi connectivity index (χ4n) is 4.13. The average Bonchev–Trinajstić information content (AvgIpc) is 2.72. The standard InChI is InChI=1S/C26H36ClN3O/c1-17(2)16-30(18(3)4)13-7-8-19(5)28-26-22-11-9-20(27)14-25(22)29-24-12-10-21(31-6)15-23(24)26/h9-12,14-15,17-19H,7-8,13,16H2,1-6H3,(H,28,29). The molecule has 0 saturated heterocycles. The van der Waals surface area contributed by atoms with E-state index in [9.17, 15) is 0 Å². The van der Waals surface area contributed by atoms with Gasteiger partial charge in [-0.15, -0.1) is 0 Å². The Balaban J connectivity index is 1.83. The molecule has 2 aromatic carbocycles. The highest BCUT2D eigenvalue weighted by Crippen LogP contribution is 2.34. The lowest BCUT2D eigenvalue weighted by molar-refractivity contribution is 0.193. The molecular weight excluding hydrogens is 406 g/mol. The van der Waals surface area contributed by atoms with Crippen LogP contribution in [0.15, 0.2) is 36.4 Å². The van der Waals surface area contributed by atoms with Gasteiger partial charge < -0.3 is 15.0 Å². The molecule has 0 aliphatic heterocycles. The second kappa shape index (κ2) is 10.5. The minimum Gasteiger partial charge on any atom is -0.497 e. The zero-order valence-corrected chi connectivity index (χ0v) is 20.5. The van der Waals surface area contributed by atoms with Gasteiger partial charge in [0.2, 0.25) is 0 Å². The Hall–Kier alpha value is -2.04. The van der Waals surface area contributed by atoms with Gasteiger partial charge in [0.15, 0.2) is 0 Å². The number of nitrogens with zero attached hydrogens (tertiary/aromatic N) is 2. The van der Waals surface area contributed by atoms with E-state index in [4.69, 9.17) is 21.3 Å². The first kappa shape index (κ1) is 23.6. The number of hydrogen-bond acceptors (Lipinski definition) is 4. The molecule has 1 heterocycles. The lowest BCUT2D eigenvalue weighted by Gasteiger charge is -2.29. The van der Waals surface area contributed by atoms with E-state index >= 15 is 0 Å². The minimum atomic E-state index is 0.337. The van der Waals surface area contributed by atoms with Gasteiger partial charge in [-0.1, -0.05) is 25.4 Å². The molecule has 0 bridgehead atoms. The van der Waals surface area contributed by atoms with Crippen molar-refractivity contribution < 1.29 is 4.74 Å². The summed E-state index contributed by atoms with van der Waals surface area (Å²) in [5.74, 6) is 1.52. The fraction of sp³-hybridized carbons (Fsp3) is 0.500. The molecule has 0 spiro atoms. The second-order valence-electron chi connectivity index (χ2n) is 9.20. The molecule has 0 fully saturated rings.